The van der Waals surface area contributed by atoms with E-state index >= 15 is 0 Å². The molecule has 4 N–H and O–H groups in total. The predicted molar refractivity (Wildman–Crippen MR) is 77.1 cm³/mol. The number of allylic oxidation sites excluding steroid dienone is 1. The van der Waals surface area contributed by atoms with E-state index in [0.29, 0.717) is 22.4 Å². The number of rotatable bonds is 1. The lowest BCUT2D eigenvalue weighted by Gasteiger charge is -2.07. The Hall–Kier alpha value is -1.99. The third-order valence-electron chi connectivity index (χ3n) is 2.50. The lowest BCUT2D eigenvalue weighted by molar-refractivity contribution is 0.400. The number of aryl methyl sites for hydroxylation is 1. The number of nitrogens with two attached hydrogens (primary N) is 1. The Balaban J connectivity index is 2.56. The fourth-order valence-electron chi connectivity index (χ4n) is 1.66. The molecule has 0 aliphatic carbocycles. The molecule has 1 aromatic rings. The molecule has 19 heavy (non-hydrogen) atoms. The summed E-state index contributed by atoms with van der Waals surface area (Å²) < 4.78 is 0. The topological polar surface area (TPSA) is 104 Å². The van der Waals surface area contributed by atoms with Gasteiger partial charge in [-0.25, -0.2) is 4.99 Å². The van der Waals surface area contributed by atoms with E-state index in [4.69, 9.17) is 17.3 Å². The van der Waals surface area contributed by atoms with Crippen LogP contribution in [0.15, 0.2) is 27.5 Å². The first kappa shape index (κ1) is 13.4. The minimum atomic E-state index is -0.300. The lowest BCUT2D eigenvalue weighted by atomic mass is 10.0. The van der Waals surface area contributed by atoms with Crippen LogP contribution in [0.3, 0.4) is 0 Å². The molecule has 1 aliphatic rings. The van der Waals surface area contributed by atoms with Crippen molar-refractivity contribution in [2.75, 3.05) is 0 Å². The van der Waals surface area contributed by atoms with Crippen molar-refractivity contribution in [3.05, 3.63) is 23.4 Å². The van der Waals surface area contributed by atoms with Crippen molar-refractivity contribution in [1.29, 1.82) is 0 Å². The number of halogens is 1. The molecule has 0 amide bonds. The molecule has 0 saturated carbocycles. The van der Waals surface area contributed by atoms with Gasteiger partial charge in [0.25, 0.3) is 0 Å². The molecule has 0 fully saturated rings. The van der Waals surface area contributed by atoms with Crippen molar-refractivity contribution in [2.24, 2.45) is 21.0 Å². The Morgan fingerprint density at radius 1 is 1.47 bits per heavy atom. The second kappa shape index (κ2) is 4.94. The van der Waals surface area contributed by atoms with Crippen LogP contribution in [0, 0.1) is 6.92 Å². The molecule has 6 nitrogen and oxygen atoms in total. The first-order valence-corrected chi connectivity index (χ1v) is 5.91. The van der Waals surface area contributed by atoms with Crippen LogP contribution in [0.1, 0.15) is 11.1 Å². The van der Waals surface area contributed by atoms with E-state index in [-0.39, 0.29) is 21.8 Å². The largest absolute Gasteiger partial charge is 0.504 e. The Kier molecular flexibility index (Phi) is 3.50. The number of phenols is 2. The van der Waals surface area contributed by atoms with Gasteiger partial charge in [0.05, 0.1) is 17.5 Å². The average molecular weight is 297 g/mol. The molecule has 0 saturated heterocycles. The second-order valence-corrected chi connectivity index (χ2v) is 4.56. The van der Waals surface area contributed by atoms with Gasteiger partial charge in [0.2, 0.25) is 5.11 Å². The summed E-state index contributed by atoms with van der Waals surface area (Å²) >= 11 is 10.5. The van der Waals surface area contributed by atoms with Crippen LogP contribution in [0.4, 0.5) is 5.69 Å². The van der Waals surface area contributed by atoms with Gasteiger partial charge in [0.15, 0.2) is 11.5 Å². The summed E-state index contributed by atoms with van der Waals surface area (Å²) in [5.74, 6) is -0.524. The number of fused-ring (bicyclic) bond motifs is 1. The van der Waals surface area contributed by atoms with Crippen molar-refractivity contribution in [3.63, 3.8) is 0 Å². The van der Waals surface area contributed by atoms with Gasteiger partial charge >= 0.3 is 0 Å². The summed E-state index contributed by atoms with van der Waals surface area (Å²) in [6.45, 7) is 1.65. The molecular formula is C11H9ClN4O2S. The van der Waals surface area contributed by atoms with Gasteiger partial charge in [-0.1, -0.05) is 11.6 Å². The average Bonchev–Trinajstić information content (AvgIpc) is 2.62. The van der Waals surface area contributed by atoms with Gasteiger partial charge in [0, 0.05) is 5.57 Å². The first-order chi connectivity index (χ1) is 8.91. The Morgan fingerprint density at radius 2 is 2.16 bits per heavy atom. The smallest absolute Gasteiger partial charge is 0.211 e. The quantitative estimate of drug-likeness (QED) is 0.421. The number of aromatic hydroxyl groups is 2. The second-order valence-electron chi connectivity index (χ2n) is 3.78. The number of benzene rings is 1. The normalized spacial score (nSPS) is 15.9. The van der Waals surface area contributed by atoms with Crippen molar-refractivity contribution in [3.8, 4) is 11.5 Å². The number of hydrogen-bond acceptors (Lipinski definition) is 5. The highest BCUT2D eigenvalue weighted by molar-refractivity contribution is 7.80. The number of phenolic OH excluding ortho intramolecular Hbond substituents is 2. The first-order valence-electron chi connectivity index (χ1n) is 5.12. The van der Waals surface area contributed by atoms with Crippen molar-refractivity contribution < 1.29 is 10.2 Å². The molecule has 0 radical (unpaired) electrons. The summed E-state index contributed by atoms with van der Waals surface area (Å²) in [5, 5.41) is 26.8. The summed E-state index contributed by atoms with van der Waals surface area (Å²) in [6, 6.07) is 1.61. The molecule has 8 heteroatoms. The number of thiocarbonyl (C=S) groups is 1. The van der Waals surface area contributed by atoms with E-state index < -0.39 is 0 Å². The summed E-state index contributed by atoms with van der Waals surface area (Å²) in [7, 11) is 0. The summed E-state index contributed by atoms with van der Waals surface area (Å²) in [4.78, 5) is 4.07. The van der Waals surface area contributed by atoms with Crippen molar-refractivity contribution in [1.82, 2.24) is 0 Å². The van der Waals surface area contributed by atoms with E-state index in [1.165, 1.54) is 6.20 Å². The molecule has 1 aromatic carbocycles. The van der Waals surface area contributed by atoms with Gasteiger partial charge < -0.3 is 15.9 Å². The summed E-state index contributed by atoms with van der Waals surface area (Å²) in [5.41, 5.74) is 6.76. The minimum Gasteiger partial charge on any atom is -0.504 e. The Morgan fingerprint density at radius 3 is 2.79 bits per heavy atom. The Bertz CT molecular complexity index is 667. The number of nitrogens with zero attached hydrogens (tertiary/aromatic N) is 3. The van der Waals surface area contributed by atoms with Gasteiger partial charge in [0.1, 0.15) is 5.17 Å². The van der Waals surface area contributed by atoms with Crippen LogP contribution >= 0.6 is 23.8 Å². The van der Waals surface area contributed by atoms with E-state index in [0.717, 1.165) is 0 Å². The lowest BCUT2D eigenvalue weighted by Crippen LogP contribution is -2.01. The third-order valence-corrected chi connectivity index (χ3v) is 2.87. The van der Waals surface area contributed by atoms with Gasteiger partial charge in [-0.15, -0.1) is 5.11 Å². The van der Waals surface area contributed by atoms with E-state index in [1.54, 1.807) is 13.0 Å². The highest BCUT2D eigenvalue weighted by Gasteiger charge is 2.26. The highest BCUT2D eigenvalue weighted by atomic mass is 35.5. The maximum absolute atomic E-state index is 9.95. The summed E-state index contributed by atoms with van der Waals surface area (Å²) in [6.07, 6.45) is 1.27. The molecule has 0 bridgehead atoms. The number of hydrogen-bond donors (Lipinski definition) is 3. The Labute approximate surface area is 118 Å². The third kappa shape index (κ3) is 2.42. The van der Waals surface area contributed by atoms with Gasteiger partial charge in [-0.05, 0) is 30.8 Å². The molecule has 1 heterocycles. The maximum atomic E-state index is 9.95. The predicted octanol–water partition coefficient (Wildman–Crippen LogP) is 2.73. The van der Waals surface area contributed by atoms with Crippen LogP contribution < -0.4 is 5.73 Å². The molecule has 0 unspecified atom stereocenters. The zero-order valence-corrected chi connectivity index (χ0v) is 11.3. The fourth-order valence-corrected chi connectivity index (χ4v) is 1.94. The standard InChI is InChI=1S/C11H9ClN4O2S/c1-4-2-6-7(9(18)8(4)17)5(10(12)15-6)3-14-16-11(13)19/h2-3,17-18H,1H3,(H2,13,19)/b5-3-,16-14?. The number of aliphatic imine (C=N–C) groups is 1. The van der Waals surface area contributed by atoms with Crippen LogP contribution in [0.5, 0.6) is 11.5 Å². The molecule has 2 rings (SSSR count). The van der Waals surface area contributed by atoms with Crippen molar-refractivity contribution in [2.45, 2.75) is 6.92 Å². The van der Waals surface area contributed by atoms with E-state index in [2.05, 4.69) is 27.4 Å². The number of azo groups is 1. The maximum Gasteiger partial charge on any atom is 0.211 e. The zero-order valence-electron chi connectivity index (χ0n) is 9.75. The van der Waals surface area contributed by atoms with Crippen molar-refractivity contribution >= 4 is 45.4 Å². The van der Waals surface area contributed by atoms with Crippen LogP contribution in [0.2, 0.25) is 0 Å². The molecule has 0 spiro atoms. The molecule has 0 aromatic heterocycles. The van der Waals surface area contributed by atoms with Crippen LogP contribution in [-0.4, -0.2) is 20.5 Å². The fraction of sp³-hybridized carbons (Fsp3) is 0.0909. The monoisotopic (exact) mass is 296 g/mol. The molecule has 1 aliphatic heterocycles. The SMILES string of the molecule is Cc1cc2c(c(O)c1O)/C(=C/N=NC(N)=S)C(Cl)=N2. The molecule has 98 valence electrons. The molecular weight excluding hydrogens is 288 g/mol. The van der Waals surface area contributed by atoms with Gasteiger partial charge in [-0.2, -0.15) is 5.11 Å². The van der Waals surface area contributed by atoms with Gasteiger partial charge in [-0.3, -0.25) is 0 Å². The minimum absolute atomic E-state index is 0.126. The van der Waals surface area contributed by atoms with Crippen LogP contribution in [0.25, 0.3) is 5.57 Å². The van der Waals surface area contributed by atoms with Crippen LogP contribution in [-0.2, 0) is 0 Å². The zero-order chi connectivity index (χ0) is 14.2. The van der Waals surface area contributed by atoms with E-state index in [9.17, 15) is 10.2 Å². The molecule has 0 atom stereocenters. The highest BCUT2D eigenvalue weighted by Crippen LogP contribution is 2.47. The van der Waals surface area contributed by atoms with E-state index in [1.807, 2.05) is 0 Å².